The number of nitrogens with zero attached hydrogens (tertiary/aromatic N) is 1. The van der Waals surface area contributed by atoms with Crippen molar-refractivity contribution in [1.82, 2.24) is 10.2 Å². The SMILES string of the molecule is CC(C)c1ccc(-c2ccc(C(=O)C(=O)N[C@H](CN3CCCC3)[C@H](O)c3ccc(OC4CC4)c(Cl)c3)cc2)cc1. The molecule has 40 heavy (non-hydrogen) atoms. The molecule has 1 amide bonds. The lowest BCUT2D eigenvalue weighted by Gasteiger charge is -2.28. The summed E-state index contributed by atoms with van der Waals surface area (Å²) in [6.45, 7) is 6.53. The molecule has 3 aromatic carbocycles. The van der Waals surface area contributed by atoms with Crippen LogP contribution in [-0.2, 0) is 4.79 Å². The number of hydrogen-bond acceptors (Lipinski definition) is 5. The van der Waals surface area contributed by atoms with E-state index in [1.54, 1.807) is 30.3 Å². The van der Waals surface area contributed by atoms with E-state index in [9.17, 15) is 14.7 Å². The van der Waals surface area contributed by atoms with Gasteiger partial charge in [-0.15, -0.1) is 0 Å². The number of nitrogens with one attached hydrogen (secondary N) is 1. The quantitative estimate of drug-likeness (QED) is 0.217. The van der Waals surface area contributed by atoms with Gasteiger partial charge < -0.3 is 20.1 Å². The number of amides is 1. The predicted molar refractivity (Wildman–Crippen MR) is 158 cm³/mol. The van der Waals surface area contributed by atoms with Crippen molar-refractivity contribution in [1.29, 1.82) is 0 Å². The van der Waals surface area contributed by atoms with Crippen molar-refractivity contribution in [3.8, 4) is 16.9 Å². The second-order valence-electron chi connectivity index (χ2n) is 11.2. The Balaban J connectivity index is 1.28. The number of ether oxygens (including phenoxy) is 1. The summed E-state index contributed by atoms with van der Waals surface area (Å²) in [7, 11) is 0. The van der Waals surface area contributed by atoms with Crippen molar-refractivity contribution in [2.24, 2.45) is 0 Å². The standard InChI is InChI=1S/C33H37ClN2O4/c1-21(2)22-5-7-23(8-6-22)24-9-11-25(12-10-24)32(38)33(39)35-29(20-36-17-3-4-18-36)31(37)26-13-16-30(28(34)19-26)40-27-14-15-27/h5-13,16,19,21,27,29,31,37H,3-4,14-15,17-18,20H2,1-2H3,(H,35,39)/t29-,31-/m1/s1. The molecule has 1 aliphatic carbocycles. The molecule has 3 aromatic rings. The van der Waals surface area contributed by atoms with Gasteiger partial charge in [0.2, 0.25) is 5.78 Å². The molecule has 0 bridgehead atoms. The monoisotopic (exact) mass is 560 g/mol. The molecule has 0 unspecified atom stereocenters. The minimum absolute atomic E-state index is 0.209. The third-order valence-corrected chi connectivity index (χ3v) is 8.03. The summed E-state index contributed by atoms with van der Waals surface area (Å²) in [6.07, 6.45) is 3.35. The van der Waals surface area contributed by atoms with E-state index in [0.29, 0.717) is 34.4 Å². The number of carbonyl (C=O) groups excluding carboxylic acids is 2. The van der Waals surface area contributed by atoms with E-state index in [4.69, 9.17) is 16.3 Å². The highest BCUT2D eigenvalue weighted by atomic mass is 35.5. The zero-order valence-corrected chi connectivity index (χ0v) is 23.9. The number of carbonyl (C=O) groups is 2. The van der Waals surface area contributed by atoms with Crippen molar-refractivity contribution < 1.29 is 19.4 Å². The fourth-order valence-corrected chi connectivity index (χ4v) is 5.34. The van der Waals surface area contributed by atoms with Gasteiger partial charge in [-0.3, -0.25) is 9.59 Å². The molecule has 210 valence electrons. The van der Waals surface area contributed by atoms with E-state index in [1.165, 1.54) is 5.56 Å². The van der Waals surface area contributed by atoms with Crippen LogP contribution in [-0.4, -0.2) is 53.5 Å². The first-order valence-electron chi connectivity index (χ1n) is 14.2. The second kappa shape index (κ2) is 12.5. The first-order chi connectivity index (χ1) is 19.3. The molecule has 2 aliphatic rings. The number of halogens is 1. The van der Waals surface area contributed by atoms with Crippen LogP contribution in [0.5, 0.6) is 5.75 Å². The van der Waals surface area contributed by atoms with Crippen molar-refractivity contribution in [3.63, 3.8) is 0 Å². The minimum atomic E-state index is -1.04. The summed E-state index contributed by atoms with van der Waals surface area (Å²) in [4.78, 5) is 28.4. The Hall–Kier alpha value is -3.19. The van der Waals surface area contributed by atoms with Crippen LogP contribution in [0.3, 0.4) is 0 Å². The molecule has 2 atom stereocenters. The molecule has 0 spiro atoms. The van der Waals surface area contributed by atoms with Crippen LogP contribution >= 0.6 is 11.6 Å². The van der Waals surface area contributed by atoms with Gasteiger partial charge in [0.05, 0.1) is 17.2 Å². The van der Waals surface area contributed by atoms with Crippen LogP contribution < -0.4 is 10.1 Å². The van der Waals surface area contributed by atoms with Crippen molar-refractivity contribution in [2.75, 3.05) is 19.6 Å². The smallest absolute Gasteiger partial charge is 0.292 e. The normalized spacial score (nSPS) is 17.0. The average Bonchev–Trinajstić information content (AvgIpc) is 3.64. The van der Waals surface area contributed by atoms with Crippen LogP contribution in [0.4, 0.5) is 0 Å². The number of benzene rings is 3. The van der Waals surface area contributed by atoms with Crippen LogP contribution in [0.25, 0.3) is 11.1 Å². The predicted octanol–water partition coefficient (Wildman–Crippen LogP) is 6.17. The highest BCUT2D eigenvalue weighted by Gasteiger charge is 2.30. The first kappa shape index (κ1) is 28.3. The molecule has 2 N–H and O–H groups in total. The number of rotatable bonds is 11. The Morgan fingerprint density at radius 3 is 2.12 bits per heavy atom. The van der Waals surface area contributed by atoms with Gasteiger partial charge in [-0.2, -0.15) is 0 Å². The van der Waals surface area contributed by atoms with E-state index in [-0.39, 0.29) is 6.10 Å². The summed E-state index contributed by atoms with van der Waals surface area (Å²) in [6, 6.07) is 20.0. The summed E-state index contributed by atoms with van der Waals surface area (Å²) >= 11 is 6.45. The molecular weight excluding hydrogens is 524 g/mol. The summed E-state index contributed by atoms with van der Waals surface area (Å²) in [5.41, 5.74) is 4.16. The summed E-state index contributed by atoms with van der Waals surface area (Å²) in [5, 5.41) is 14.6. The molecule has 1 aliphatic heterocycles. The zero-order valence-electron chi connectivity index (χ0n) is 23.1. The first-order valence-corrected chi connectivity index (χ1v) is 14.6. The number of aliphatic hydroxyl groups is 1. The average molecular weight is 561 g/mol. The van der Waals surface area contributed by atoms with Gasteiger partial charge in [-0.05, 0) is 79.1 Å². The van der Waals surface area contributed by atoms with Gasteiger partial charge >= 0.3 is 0 Å². The van der Waals surface area contributed by atoms with Crippen LogP contribution in [0.1, 0.15) is 73.0 Å². The van der Waals surface area contributed by atoms with Gasteiger partial charge in [-0.25, -0.2) is 0 Å². The maximum atomic E-state index is 13.1. The van der Waals surface area contributed by atoms with E-state index in [2.05, 4.69) is 48.3 Å². The number of hydrogen-bond donors (Lipinski definition) is 2. The summed E-state index contributed by atoms with van der Waals surface area (Å²) in [5.74, 6) is -0.323. The van der Waals surface area contributed by atoms with E-state index in [1.807, 2.05) is 12.1 Å². The fraction of sp³-hybridized carbons (Fsp3) is 0.394. The van der Waals surface area contributed by atoms with Gasteiger partial charge in [-0.1, -0.05) is 80.0 Å². The molecule has 7 heteroatoms. The highest BCUT2D eigenvalue weighted by Crippen LogP contribution is 2.34. The maximum absolute atomic E-state index is 13.1. The van der Waals surface area contributed by atoms with Gasteiger partial charge in [0.25, 0.3) is 5.91 Å². The Bertz CT molecular complexity index is 1330. The number of likely N-dealkylation sites (tertiary alicyclic amines) is 1. The maximum Gasteiger partial charge on any atom is 0.292 e. The van der Waals surface area contributed by atoms with E-state index < -0.39 is 23.8 Å². The fourth-order valence-electron chi connectivity index (χ4n) is 5.10. The van der Waals surface area contributed by atoms with Crippen molar-refractivity contribution in [2.45, 2.75) is 63.7 Å². The lowest BCUT2D eigenvalue weighted by molar-refractivity contribution is -0.118. The zero-order chi connectivity index (χ0) is 28.2. The second-order valence-corrected chi connectivity index (χ2v) is 11.6. The van der Waals surface area contributed by atoms with Crippen molar-refractivity contribution in [3.05, 3.63) is 88.4 Å². The Labute approximate surface area is 241 Å². The molecule has 1 saturated carbocycles. The third kappa shape index (κ3) is 6.92. The highest BCUT2D eigenvalue weighted by molar-refractivity contribution is 6.42. The largest absolute Gasteiger partial charge is 0.489 e. The van der Waals surface area contributed by atoms with Gasteiger partial charge in [0, 0.05) is 12.1 Å². The third-order valence-electron chi connectivity index (χ3n) is 7.73. The number of Topliss-reactive ketones (excluding diaryl/α,β-unsaturated/α-hetero) is 1. The molecule has 1 heterocycles. The molecule has 1 saturated heterocycles. The molecule has 6 nitrogen and oxygen atoms in total. The van der Waals surface area contributed by atoms with Crippen molar-refractivity contribution >= 4 is 23.3 Å². The molecule has 5 rings (SSSR count). The summed E-state index contributed by atoms with van der Waals surface area (Å²) < 4.78 is 5.82. The Morgan fingerprint density at radius 1 is 0.950 bits per heavy atom. The van der Waals surface area contributed by atoms with Crippen LogP contribution in [0, 0.1) is 0 Å². The number of ketones is 1. The Kier molecular flexibility index (Phi) is 8.89. The van der Waals surface area contributed by atoms with Gasteiger partial charge in [0.1, 0.15) is 11.9 Å². The van der Waals surface area contributed by atoms with E-state index >= 15 is 0 Å². The number of aliphatic hydroxyl groups excluding tert-OH is 1. The topological polar surface area (TPSA) is 78.9 Å². The van der Waals surface area contributed by atoms with Crippen LogP contribution in [0.2, 0.25) is 5.02 Å². The van der Waals surface area contributed by atoms with E-state index in [0.717, 1.165) is 49.9 Å². The van der Waals surface area contributed by atoms with Crippen LogP contribution in [0.15, 0.2) is 66.7 Å². The molecular formula is C33H37ClN2O4. The molecule has 0 aromatic heterocycles. The Morgan fingerprint density at radius 2 is 1.55 bits per heavy atom. The lowest BCUT2D eigenvalue weighted by Crippen LogP contribution is -2.48. The minimum Gasteiger partial charge on any atom is -0.489 e. The lowest BCUT2D eigenvalue weighted by atomic mass is 9.97. The molecule has 0 radical (unpaired) electrons. The molecule has 2 fully saturated rings. The van der Waals surface area contributed by atoms with Gasteiger partial charge in [0.15, 0.2) is 0 Å².